The summed E-state index contributed by atoms with van der Waals surface area (Å²) in [5.74, 6) is 2.08. The van der Waals surface area contributed by atoms with Crippen molar-refractivity contribution >= 4 is 17.7 Å². The molecule has 2 aromatic carbocycles. The molecule has 3 aromatic rings. The van der Waals surface area contributed by atoms with E-state index in [0.717, 1.165) is 35.3 Å². The summed E-state index contributed by atoms with van der Waals surface area (Å²) in [6.45, 7) is 3.38. The van der Waals surface area contributed by atoms with E-state index < -0.39 is 0 Å². The van der Waals surface area contributed by atoms with Crippen molar-refractivity contribution in [1.82, 2.24) is 19.7 Å². The Hall–Kier alpha value is -2.80. The van der Waals surface area contributed by atoms with Gasteiger partial charge in [-0.25, -0.2) is 0 Å². The Bertz CT molecular complexity index is 943. The molecule has 0 N–H and O–H groups in total. The third-order valence-electron chi connectivity index (χ3n) is 4.62. The molecular weight excluding hydrogens is 384 g/mol. The lowest BCUT2D eigenvalue weighted by Gasteiger charge is -2.17. The molecule has 0 fully saturated rings. The van der Waals surface area contributed by atoms with Gasteiger partial charge in [-0.2, -0.15) is 0 Å². The minimum absolute atomic E-state index is 0.0492. The molecule has 0 bridgehead atoms. The van der Waals surface area contributed by atoms with E-state index in [2.05, 4.69) is 33.8 Å². The van der Waals surface area contributed by atoms with E-state index in [1.165, 1.54) is 17.3 Å². The van der Waals surface area contributed by atoms with E-state index in [4.69, 9.17) is 4.74 Å². The summed E-state index contributed by atoms with van der Waals surface area (Å²) in [4.78, 5) is 14.3. The van der Waals surface area contributed by atoms with Gasteiger partial charge in [0.15, 0.2) is 5.16 Å². The number of hydrogen-bond acceptors (Lipinski definition) is 5. The standard InChI is InChI=1S/C22H26N4O2S/c1-4-26-20(14-17-9-6-5-7-10-17)23-24-22(26)29-16-21(27)25(2)15-18-11-8-12-19(13-18)28-3/h5-13H,4,14-16H2,1-3H3. The first-order valence-electron chi connectivity index (χ1n) is 9.56. The monoisotopic (exact) mass is 410 g/mol. The summed E-state index contributed by atoms with van der Waals surface area (Å²) < 4.78 is 7.32. The first-order valence-corrected chi connectivity index (χ1v) is 10.5. The molecule has 0 aliphatic rings. The Balaban J connectivity index is 1.59. The number of thioether (sulfide) groups is 1. The highest BCUT2D eigenvalue weighted by Gasteiger charge is 2.16. The lowest BCUT2D eigenvalue weighted by molar-refractivity contribution is -0.127. The topological polar surface area (TPSA) is 60.2 Å². The number of rotatable bonds is 9. The number of aromatic nitrogens is 3. The number of ether oxygens (including phenoxy) is 1. The van der Waals surface area contributed by atoms with E-state index in [1.54, 1.807) is 12.0 Å². The maximum Gasteiger partial charge on any atom is 0.233 e. The van der Waals surface area contributed by atoms with Crippen molar-refractivity contribution in [3.05, 3.63) is 71.5 Å². The quantitative estimate of drug-likeness (QED) is 0.504. The summed E-state index contributed by atoms with van der Waals surface area (Å²) in [6.07, 6.45) is 0.728. The molecular formula is C22H26N4O2S. The minimum Gasteiger partial charge on any atom is -0.497 e. The van der Waals surface area contributed by atoms with Crippen molar-refractivity contribution in [2.24, 2.45) is 0 Å². The van der Waals surface area contributed by atoms with E-state index >= 15 is 0 Å². The number of amides is 1. The third kappa shape index (κ3) is 5.60. The second-order valence-electron chi connectivity index (χ2n) is 6.70. The van der Waals surface area contributed by atoms with Gasteiger partial charge in [-0.1, -0.05) is 54.2 Å². The van der Waals surface area contributed by atoms with E-state index in [1.807, 2.05) is 49.5 Å². The molecule has 1 aromatic heterocycles. The fraction of sp³-hybridized carbons (Fsp3) is 0.318. The van der Waals surface area contributed by atoms with Crippen LogP contribution in [0.25, 0.3) is 0 Å². The second kappa shape index (κ2) is 10.1. The highest BCUT2D eigenvalue weighted by molar-refractivity contribution is 7.99. The molecule has 0 aliphatic carbocycles. The van der Waals surface area contributed by atoms with Crippen LogP contribution in [-0.2, 0) is 24.3 Å². The number of hydrogen-bond donors (Lipinski definition) is 0. The molecule has 0 saturated heterocycles. The smallest absolute Gasteiger partial charge is 0.233 e. The molecule has 6 nitrogen and oxygen atoms in total. The van der Waals surface area contributed by atoms with Crippen LogP contribution in [0, 0.1) is 0 Å². The van der Waals surface area contributed by atoms with Crippen LogP contribution in [0.15, 0.2) is 59.8 Å². The van der Waals surface area contributed by atoms with E-state index in [-0.39, 0.29) is 5.91 Å². The highest BCUT2D eigenvalue weighted by Crippen LogP contribution is 2.20. The van der Waals surface area contributed by atoms with Gasteiger partial charge in [0.1, 0.15) is 11.6 Å². The predicted octanol–water partition coefficient (Wildman–Crippen LogP) is 3.65. The van der Waals surface area contributed by atoms with Gasteiger partial charge in [-0.15, -0.1) is 10.2 Å². The van der Waals surface area contributed by atoms with Crippen LogP contribution in [0.5, 0.6) is 5.75 Å². The van der Waals surface area contributed by atoms with Crippen LogP contribution in [-0.4, -0.2) is 45.5 Å². The van der Waals surface area contributed by atoms with Crippen molar-refractivity contribution in [2.75, 3.05) is 19.9 Å². The summed E-state index contributed by atoms with van der Waals surface area (Å²) in [5.41, 5.74) is 2.23. The summed E-state index contributed by atoms with van der Waals surface area (Å²) in [7, 11) is 3.45. The van der Waals surface area contributed by atoms with Crippen LogP contribution in [0.2, 0.25) is 0 Å². The van der Waals surface area contributed by atoms with Crippen molar-refractivity contribution in [3.63, 3.8) is 0 Å². The van der Waals surface area contributed by atoms with Crippen LogP contribution < -0.4 is 4.74 Å². The normalized spacial score (nSPS) is 10.7. The van der Waals surface area contributed by atoms with Crippen molar-refractivity contribution in [1.29, 1.82) is 0 Å². The van der Waals surface area contributed by atoms with Crippen molar-refractivity contribution in [3.8, 4) is 5.75 Å². The SMILES string of the molecule is CCn1c(Cc2ccccc2)nnc1SCC(=O)N(C)Cc1cccc(OC)c1. The van der Waals surface area contributed by atoms with Crippen LogP contribution in [0.3, 0.4) is 0 Å². The van der Waals surface area contributed by atoms with Gasteiger partial charge < -0.3 is 14.2 Å². The van der Waals surface area contributed by atoms with Crippen molar-refractivity contribution < 1.29 is 9.53 Å². The molecule has 29 heavy (non-hydrogen) atoms. The lowest BCUT2D eigenvalue weighted by atomic mass is 10.1. The fourth-order valence-corrected chi connectivity index (χ4v) is 3.98. The molecule has 0 spiro atoms. The summed E-state index contributed by atoms with van der Waals surface area (Å²) in [6, 6.07) is 18.0. The van der Waals surface area contributed by atoms with Gasteiger partial charge >= 0.3 is 0 Å². The molecule has 0 radical (unpaired) electrons. The van der Waals surface area contributed by atoms with Gasteiger partial charge in [-0.05, 0) is 30.2 Å². The third-order valence-corrected chi connectivity index (χ3v) is 5.57. The zero-order valence-electron chi connectivity index (χ0n) is 17.0. The Morgan fingerprint density at radius 2 is 1.86 bits per heavy atom. The average Bonchev–Trinajstić information content (AvgIpc) is 3.14. The Labute approximate surface area is 175 Å². The molecule has 0 aliphatic heterocycles. The molecule has 0 saturated carbocycles. The lowest BCUT2D eigenvalue weighted by Crippen LogP contribution is -2.27. The molecule has 1 heterocycles. The first-order chi connectivity index (χ1) is 14.1. The fourth-order valence-electron chi connectivity index (χ4n) is 3.02. The highest BCUT2D eigenvalue weighted by atomic mass is 32.2. The summed E-state index contributed by atoms with van der Waals surface area (Å²) in [5, 5.41) is 9.43. The summed E-state index contributed by atoms with van der Waals surface area (Å²) >= 11 is 1.43. The van der Waals surface area contributed by atoms with Gasteiger partial charge in [0, 0.05) is 26.6 Å². The average molecular weight is 411 g/mol. The molecule has 0 unspecified atom stereocenters. The number of carbonyl (C=O) groups excluding carboxylic acids is 1. The number of carbonyl (C=O) groups is 1. The zero-order chi connectivity index (χ0) is 20.6. The first kappa shape index (κ1) is 20.9. The molecule has 7 heteroatoms. The van der Waals surface area contributed by atoms with Crippen LogP contribution in [0.1, 0.15) is 23.9 Å². The van der Waals surface area contributed by atoms with Gasteiger partial charge in [0.2, 0.25) is 5.91 Å². The molecule has 1 amide bonds. The van der Waals surface area contributed by atoms with Crippen LogP contribution in [0.4, 0.5) is 0 Å². The number of benzene rings is 2. The number of methoxy groups -OCH3 is 1. The Kier molecular flexibility index (Phi) is 7.30. The van der Waals surface area contributed by atoms with Gasteiger partial charge in [0.25, 0.3) is 0 Å². The molecule has 0 atom stereocenters. The predicted molar refractivity (Wildman–Crippen MR) is 115 cm³/mol. The second-order valence-corrected chi connectivity index (χ2v) is 7.64. The van der Waals surface area contributed by atoms with Gasteiger partial charge in [0.05, 0.1) is 12.9 Å². The van der Waals surface area contributed by atoms with E-state index in [9.17, 15) is 4.79 Å². The van der Waals surface area contributed by atoms with Crippen molar-refractivity contribution in [2.45, 2.75) is 31.6 Å². The minimum atomic E-state index is 0.0492. The Morgan fingerprint density at radius 1 is 1.10 bits per heavy atom. The Morgan fingerprint density at radius 3 is 2.59 bits per heavy atom. The van der Waals surface area contributed by atoms with E-state index in [0.29, 0.717) is 12.3 Å². The van der Waals surface area contributed by atoms with Gasteiger partial charge in [-0.3, -0.25) is 4.79 Å². The zero-order valence-corrected chi connectivity index (χ0v) is 17.9. The molecule has 3 rings (SSSR count). The van der Waals surface area contributed by atoms with Crippen LogP contribution >= 0.6 is 11.8 Å². The maximum absolute atomic E-state index is 12.6. The number of nitrogens with zero attached hydrogens (tertiary/aromatic N) is 4. The molecule has 152 valence electrons. The maximum atomic E-state index is 12.6. The largest absolute Gasteiger partial charge is 0.497 e.